The Labute approximate surface area is 154 Å². The Morgan fingerprint density at radius 1 is 1.04 bits per heavy atom. The molecule has 0 saturated heterocycles. The molecule has 0 bridgehead atoms. The molecule has 5 heteroatoms. The van der Waals surface area contributed by atoms with E-state index in [0.29, 0.717) is 10.0 Å². The van der Waals surface area contributed by atoms with Crippen molar-refractivity contribution in [1.29, 1.82) is 0 Å². The van der Waals surface area contributed by atoms with E-state index in [-0.39, 0.29) is 5.25 Å². The lowest BCUT2D eigenvalue weighted by atomic mass is 10.0. The van der Waals surface area contributed by atoms with Gasteiger partial charge in [0.2, 0.25) is 0 Å². The molecule has 0 unspecified atom stereocenters. The predicted octanol–water partition coefficient (Wildman–Crippen LogP) is 6.94. The minimum absolute atomic E-state index is 0.141. The number of fused-ring (bicyclic) bond motifs is 1. The number of nitrogens with zero attached hydrogens (tertiary/aromatic N) is 1. The first-order valence-corrected chi connectivity index (χ1v) is 9.16. The van der Waals surface area contributed by atoms with Crippen molar-refractivity contribution in [3.63, 3.8) is 0 Å². The van der Waals surface area contributed by atoms with Crippen molar-refractivity contribution in [3.8, 4) is 0 Å². The zero-order valence-corrected chi connectivity index (χ0v) is 14.9. The molecule has 0 radical (unpaired) electrons. The molecule has 0 spiro atoms. The molecule has 1 atom stereocenters. The summed E-state index contributed by atoms with van der Waals surface area (Å²) in [6.45, 7) is 0. The van der Waals surface area contributed by atoms with Crippen molar-refractivity contribution in [3.05, 3.63) is 82.2 Å². The second-order valence-electron chi connectivity index (χ2n) is 5.48. The van der Waals surface area contributed by atoms with Gasteiger partial charge in [-0.1, -0.05) is 41.4 Å². The number of hydrogen-bond acceptors (Lipinski definition) is 3. The molecule has 1 aromatic heterocycles. The van der Waals surface area contributed by atoms with Gasteiger partial charge in [-0.05, 0) is 42.0 Å². The topological polar surface area (TPSA) is 25.5 Å². The lowest BCUT2D eigenvalue weighted by Crippen LogP contribution is -2.04. The van der Waals surface area contributed by atoms with Crippen LogP contribution in [0.4, 0.5) is 5.69 Å². The highest BCUT2D eigenvalue weighted by Crippen LogP contribution is 2.47. The maximum Gasteiger partial charge on any atom is 0.148 e. The number of para-hydroxylation sites is 1. The van der Waals surface area contributed by atoms with Gasteiger partial charge in [-0.15, -0.1) is 11.8 Å². The van der Waals surface area contributed by atoms with E-state index in [1.165, 1.54) is 0 Å². The van der Waals surface area contributed by atoms with E-state index in [9.17, 15) is 0 Å². The van der Waals surface area contributed by atoms with E-state index in [2.05, 4.69) is 6.07 Å². The fourth-order valence-corrected chi connectivity index (χ4v) is 4.62. The molecule has 1 aliphatic rings. The third kappa shape index (κ3) is 3.12. The van der Waals surface area contributed by atoms with Gasteiger partial charge in [-0.3, -0.25) is 0 Å². The average molecular weight is 374 g/mol. The molecule has 2 aromatic carbocycles. The molecular weight excluding hydrogens is 361 g/mol. The van der Waals surface area contributed by atoms with Crippen LogP contribution in [0, 0.1) is 0 Å². The quantitative estimate of drug-likeness (QED) is 0.485. The van der Waals surface area contributed by atoms with Crippen LogP contribution in [0.15, 0.2) is 75.2 Å². The average Bonchev–Trinajstić information content (AvgIpc) is 3.03. The summed E-state index contributed by atoms with van der Waals surface area (Å²) in [5, 5.41) is 1.46. The molecule has 3 aromatic rings. The van der Waals surface area contributed by atoms with Crippen LogP contribution in [0.5, 0.6) is 0 Å². The molecule has 2 nitrogen and oxygen atoms in total. The summed E-state index contributed by atoms with van der Waals surface area (Å²) in [4.78, 5) is 5.97. The predicted molar refractivity (Wildman–Crippen MR) is 101 cm³/mol. The molecule has 24 heavy (non-hydrogen) atoms. The van der Waals surface area contributed by atoms with Gasteiger partial charge in [-0.2, -0.15) is 0 Å². The van der Waals surface area contributed by atoms with Gasteiger partial charge in [-0.25, -0.2) is 4.99 Å². The normalized spacial score (nSPS) is 17.1. The molecule has 120 valence electrons. The first-order valence-electron chi connectivity index (χ1n) is 7.53. The van der Waals surface area contributed by atoms with Crippen LogP contribution in [0.3, 0.4) is 0 Å². The fraction of sp³-hybridized carbons (Fsp3) is 0.105. The first kappa shape index (κ1) is 15.8. The van der Waals surface area contributed by atoms with E-state index >= 15 is 0 Å². The van der Waals surface area contributed by atoms with Crippen molar-refractivity contribution in [1.82, 2.24) is 0 Å². The highest BCUT2D eigenvalue weighted by molar-refractivity contribution is 7.99. The highest BCUT2D eigenvalue weighted by Gasteiger charge is 2.25. The molecule has 0 aliphatic carbocycles. The number of rotatable bonds is 2. The second-order valence-corrected chi connectivity index (χ2v) is 7.57. The van der Waals surface area contributed by atoms with Crippen molar-refractivity contribution >= 4 is 46.4 Å². The van der Waals surface area contributed by atoms with Gasteiger partial charge < -0.3 is 4.42 Å². The molecule has 1 aliphatic heterocycles. The summed E-state index contributed by atoms with van der Waals surface area (Å²) in [7, 11) is 0. The molecule has 2 heterocycles. The molecule has 0 N–H and O–H groups in total. The zero-order valence-electron chi connectivity index (χ0n) is 12.6. The third-order valence-electron chi connectivity index (χ3n) is 3.88. The van der Waals surface area contributed by atoms with Crippen LogP contribution < -0.4 is 0 Å². The standard InChI is InChI=1S/C19H13Cl2NOS/c20-12-7-8-13(14(21)10-12)19-11-16(17-5-3-9-23-17)22-15-4-1-2-6-18(15)24-19/h1-10,19H,11H2/t19-/m0/s1. The van der Waals surface area contributed by atoms with E-state index in [4.69, 9.17) is 32.6 Å². The van der Waals surface area contributed by atoms with Crippen molar-refractivity contribution in [2.24, 2.45) is 4.99 Å². The third-order valence-corrected chi connectivity index (χ3v) is 5.75. The number of benzene rings is 2. The zero-order chi connectivity index (χ0) is 16.5. The summed E-state index contributed by atoms with van der Waals surface area (Å²) < 4.78 is 5.58. The number of furan rings is 1. The van der Waals surface area contributed by atoms with Crippen molar-refractivity contribution < 1.29 is 4.42 Å². The summed E-state index contributed by atoms with van der Waals surface area (Å²) >= 11 is 14.3. The van der Waals surface area contributed by atoms with Crippen molar-refractivity contribution in [2.45, 2.75) is 16.6 Å². The largest absolute Gasteiger partial charge is 0.463 e. The monoisotopic (exact) mass is 373 g/mol. The first-order chi connectivity index (χ1) is 11.7. The Balaban J connectivity index is 1.81. The van der Waals surface area contributed by atoms with Crippen molar-refractivity contribution in [2.75, 3.05) is 0 Å². The fourth-order valence-electron chi connectivity index (χ4n) is 2.75. The molecule has 0 fully saturated rings. The lowest BCUT2D eigenvalue weighted by Gasteiger charge is -2.17. The molecule has 0 amide bonds. The van der Waals surface area contributed by atoms with Crippen LogP contribution in [0.1, 0.15) is 23.0 Å². The Morgan fingerprint density at radius 3 is 2.71 bits per heavy atom. The SMILES string of the molecule is Clc1ccc([C@@H]2CC(c3ccco3)=Nc3ccccc3S2)c(Cl)c1. The Hall–Kier alpha value is -1.68. The lowest BCUT2D eigenvalue weighted by molar-refractivity contribution is 0.555. The molecular formula is C19H13Cl2NOS. The minimum Gasteiger partial charge on any atom is -0.463 e. The Kier molecular flexibility index (Phi) is 4.40. The van der Waals surface area contributed by atoms with Crippen LogP contribution in [0.25, 0.3) is 0 Å². The van der Waals surface area contributed by atoms with Crippen LogP contribution in [-0.2, 0) is 0 Å². The Bertz CT molecular complexity index is 905. The smallest absolute Gasteiger partial charge is 0.148 e. The number of thioether (sulfide) groups is 1. The summed E-state index contributed by atoms with van der Waals surface area (Å²) in [5.41, 5.74) is 2.94. The van der Waals surface area contributed by atoms with Gasteiger partial charge in [0, 0.05) is 26.6 Å². The van der Waals surface area contributed by atoms with Gasteiger partial charge in [0.1, 0.15) is 5.76 Å². The molecule has 4 rings (SSSR count). The second kappa shape index (κ2) is 6.67. The molecule has 0 saturated carbocycles. The van der Waals surface area contributed by atoms with Gasteiger partial charge in [0.15, 0.2) is 0 Å². The summed E-state index contributed by atoms with van der Waals surface area (Å²) in [5.74, 6) is 0.794. The van der Waals surface area contributed by atoms with E-state index in [1.807, 2.05) is 42.5 Å². The number of aliphatic imine (C=N–C) groups is 1. The number of halogens is 2. The van der Waals surface area contributed by atoms with Gasteiger partial charge in [0.25, 0.3) is 0 Å². The van der Waals surface area contributed by atoms with Gasteiger partial charge >= 0.3 is 0 Å². The maximum absolute atomic E-state index is 6.45. The van der Waals surface area contributed by atoms with Crippen LogP contribution in [-0.4, -0.2) is 5.71 Å². The van der Waals surface area contributed by atoms with Crippen LogP contribution >= 0.6 is 35.0 Å². The Morgan fingerprint density at radius 2 is 1.92 bits per heavy atom. The minimum atomic E-state index is 0.141. The van der Waals surface area contributed by atoms with Gasteiger partial charge in [0.05, 0.1) is 17.7 Å². The highest BCUT2D eigenvalue weighted by atomic mass is 35.5. The summed E-state index contributed by atoms with van der Waals surface area (Å²) in [6.07, 6.45) is 2.40. The van der Waals surface area contributed by atoms with E-state index in [0.717, 1.165) is 34.0 Å². The van der Waals surface area contributed by atoms with Crippen LogP contribution in [0.2, 0.25) is 10.0 Å². The summed E-state index contributed by atoms with van der Waals surface area (Å²) in [6, 6.07) is 17.6. The number of hydrogen-bond donors (Lipinski definition) is 0. The van der Waals surface area contributed by atoms with E-state index in [1.54, 1.807) is 24.1 Å². The van der Waals surface area contributed by atoms with E-state index < -0.39 is 0 Å². The maximum atomic E-state index is 6.45.